The molecule has 3 rings (SSSR count). The minimum atomic E-state index is -0.205. The topological polar surface area (TPSA) is 15.6 Å². The van der Waals surface area contributed by atoms with Crippen LogP contribution in [0.15, 0.2) is 53.5 Å². The van der Waals surface area contributed by atoms with Crippen molar-refractivity contribution in [3.63, 3.8) is 0 Å². The van der Waals surface area contributed by atoms with E-state index in [9.17, 15) is 4.39 Å². The number of aliphatic imine (C=N–C) groups is 1. The molecule has 1 aliphatic rings. The van der Waals surface area contributed by atoms with Gasteiger partial charge in [0, 0.05) is 17.7 Å². The van der Waals surface area contributed by atoms with Crippen LogP contribution in [0.4, 0.5) is 4.39 Å². The molecule has 0 amide bonds. The highest BCUT2D eigenvalue weighted by Gasteiger charge is 2.22. The zero-order valence-electron chi connectivity index (χ0n) is 12.4. The fourth-order valence-electron chi connectivity index (χ4n) is 2.85. The molecule has 0 radical (unpaired) electrons. The molecule has 1 heterocycles. The number of fused-ring (bicyclic) bond motifs is 1. The SMILES string of the molecule is CN(C)CC1Cc2ccc(F)cc2C(c2ccccc2)=N1. The fraction of sp³-hybridized carbons (Fsp3) is 0.278. The minimum absolute atomic E-state index is 0.205. The first-order chi connectivity index (χ1) is 10.1. The molecule has 1 unspecified atom stereocenters. The van der Waals surface area contributed by atoms with E-state index in [1.165, 1.54) is 5.56 Å². The third-order valence-corrected chi connectivity index (χ3v) is 3.72. The predicted molar refractivity (Wildman–Crippen MR) is 84.5 cm³/mol. The molecular weight excluding hydrogens is 263 g/mol. The molecule has 0 aliphatic carbocycles. The van der Waals surface area contributed by atoms with Crippen molar-refractivity contribution in [1.82, 2.24) is 4.90 Å². The van der Waals surface area contributed by atoms with Crippen molar-refractivity contribution in [2.75, 3.05) is 20.6 Å². The van der Waals surface area contributed by atoms with Crippen LogP contribution in [0, 0.1) is 5.82 Å². The van der Waals surface area contributed by atoms with Gasteiger partial charge in [0.05, 0.1) is 11.8 Å². The van der Waals surface area contributed by atoms with Crippen molar-refractivity contribution in [1.29, 1.82) is 0 Å². The van der Waals surface area contributed by atoms with Crippen LogP contribution < -0.4 is 0 Å². The maximum Gasteiger partial charge on any atom is 0.123 e. The van der Waals surface area contributed by atoms with Gasteiger partial charge in [-0.1, -0.05) is 36.4 Å². The van der Waals surface area contributed by atoms with Crippen LogP contribution in [0.1, 0.15) is 16.7 Å². The zero-order valence-corrected chi connectivity index (χ0v) is 12.4. The molecule has 0 saturated heterocycles. The van der Waals surface area contributed by atoms with E-state index >= 15 is 0 Å². The molecule has 1 aliphatic heterocycles. The molecule has 0 fully saturated rings. The third kappa shape index (κ3) is 3.03. The lowest BCUT2D eigenvalue weighted by Crippen LogP contribution is -2.31. The van der Waals surface area contributed by atoms with Gasteiger partial charge in [0.25, 0.3) is 0 Å². The molecule has 3 heteroatoms. The average Bonchev–Trinajstić information content (AvgIpc) is 2.47. The van der Waals surface area contributed by atoms with Gasteiger partial charge in [-0.25, -0.2) is 4.39 Å². The Kier molecular flexibility index (Phi) is 3.84. The zero-order chi connectivity index (χ0) is 14.8. The predicted octanol–water partition coefficient (Wildman–Crippen LogP) is 3.15. The van der Waals surface area contributed by atoms with Crippen LogP contribution in [0.2, 0.25) is 0 Å². The Morgan fingerprint density at radius 2 is 1.90 bits per heavy atom. The number of halogens is 1. The molecule has 0 aromatic heterocycles. The molecular formula is C18H19FN2. The average molecular weight is 282 g/mol. The quantitative estimate of drug-likeness (QED) is 0.844. The molecule has 108 valence electrons. The first-order valence-electron chi connectivity index (χ1n) is 7.20. The van der Waals surface area contributed by atoms with E-state index in [2.05, 4.69) is 19.0 Å². The molecule has 2 aromatic carbocycles. The number of hydrogen-bond donors (Lipinski definition) is 0. The molecule has 1 atom stereocenters. The monoisotopic (exact) mass is 282 g/mol. The fourth-order valence-corrected chi connectivity index (χ4v) is 2.85. The van der Waals surface area contributed by atoms with Crippen molar-refractivity contribution in [3.8, 4) is 0 Å². The van der Waals surface area contributed by atoms with Crippen LogP contribution in [-0.2, 0) is 6.42 Å². The van der Waals surface area contributed by atoms with Gasteiger partial charge in [0.15, 0.2) is 0 Å². The highest BCUT2D eigenvalue weighted by Crippen LogP contribution is 2.24. The largest absolute Gasteiger partial charge is 0.307 e. The van der Waals surface area contributed by atoms with Crippen LogP contribution in [0.5, 0.6) is 0 Å². The smallest absolute Gasteiger partial charge is 0.123 e. The summed E-state index contributed by atoms with van der Waals surface area (Å²) in [4.78, 5) is 7.03. The third-order valence-electron chi connectivity index (χ3n) is 3.72. The maximum atomic E-state index is 13.6. The van der Waals surface area contributed by atoms with E-state index in [0.717, 1.165) is 29.8 Å². The van der Waals surface area contributed by atoms with Crippen molar-refractivity contribution < 1.29 is 4.39 Å². The summed E-state index contributed by atoms with van der Waals surface area (Å²) in [7, 11) is 4.11. The van der Waals surface area contributed by atoms with Gasteiger partial charge in [-0.05, 0) is 38.2 Å². The van der Waals surface area contributed by atoms with E-state index in [1.807, 2.05) is 36.4 Å². The number of benzene rings is 2. The van der Waals surface area contributed by atoms with Crippen LogP contribution in [-0.4, -0.2) is 37.3 Å². The highest BCUT2D eigenvalue weighted by atomic mass is 19.1. The summed E-state index contributed by atoms with van der Waals surface area (Å²) >= 11 is 0. The van der Waals surface area contributed by atoms with Gasteiger partial charge in [-0.3, -0.25) is 4.99 Å². The van der Waals surface area contributed by atoms with Gasteiger partial charge in [-0.2, -0.15) is 0 Å². The van der Waals surface area contributed by atoms with Gasteiger partial charge >= 0.3 is 0 Å². The van der Waals surface area contributed by atoms with Gasteiger partial charge in [0.2, 0.25) is 0 Å². The van der Waals surface area contributed by atoms with E-state index in [0.29, 0.717) is 0 Å². The highest BCUT2D eigenvalue weighted by molar-refractivity contribution is 6.14. The van der Waals surface area contributed by atoms with Crippen molar-refractivity contribution in [3.05, 3.63) is 71.0 Å². The molecule has 0 saturated carbocycles. The first-order valence-corrected chi connectivity index (χ1v) is 7.20. The maximum absolute atomic E-state index is 13.6. The molecule has 21 heavy (non-hydrogen) atoms. The summed E-state index contributed by atoms with van der Waals surface area (Å²) in [5, 5.41) is 0. The molecule has 2 aromatic rings. The Morgan fingerprint density at radius 1 is 1.14 bits per heavy atom. The lowest BCUT2D eigenvalue weighted by molar-refractivity contribution is 0.371. The van der Waals surface area contributed by atoms with Gasteiger partial charge in [0.1, 0.15) is 5.82 Å². The van der Waals surface area contributed by atoms with Crippen molar-refractivity contribution >= 4 is 5.71 Å². The molecule has 2 nitrogen and oxygen atoms in total. The Morgan fingerprint density at radius 3 is 2.62 bits per heavy atom. The minimum Gasteiger partial charge on any atom is -0.307 e. The lowest BCUT2D eigenvalue weighted by Gasteiger charge is -2.26. The lowest BCUT2D eigenvalue weighted by atomic mass is 9.90. The summed E-state index contributed by atoms with van der Waals surface area (Å²) in [6, 6.07) is 15.3. The van der Waals surface area contributed by atoms with Crippen LogP contribution in [0.3, 0.4) is 0 Å². The van der Waals surface area contributed by atoms with Crippen molar-refractivity contribution in [2.24, 2.45) is 4.99 Å². The summed E-state index contributed by atoms with van der Waals surface area (Å²) in [6.07, 6.45) is 0.865. The molecule has 0 N–H and O–H groups in total. The summed E-state index contributed by atoms with van der Waals surface area (Å²) in [5.41, 5.74) is 4.06. The van der Waals surface area contributed by atoms with E-state index in [1.54, 1.807) is 12.1 Å². The Balaban J connectivity index is 2.08. The Labute approximate surface area is 124 Å². The number of hydrogen-bond acceptors (Lipinski definition) is 2. The molecule has 0 spiro atoms. The second-order valence-electron chi connectivity index (χ2n) is 5.77. The van der Waals surface area contributed by atoms with E-state index < -0.39 is 0 Å². The number of rotatable bonds is 3. The number of nitrogens with zero attached hydrogens (tertiary/aromatic N) is 2. The van der Waals surface area contributed by atoms with E-state index in [-0.39, 0.29) is 11.9 Å². The Hall–Kier alpha value is -2.00. The van der Waals surface area contributed by atoms with Crippen molar-refractivity contribution in [2.45, 2.75) is 12.5 Å². The van der Waals surface area contributed by atoms with Crippen LogP contribution in [0.25, 0.3) is 0 Å². The standard InChI is InChI=1S/C18H19FN2/c1-21(2)12-16-10-14-8-9-15(19)11-17(14)18(20-16)13-6-4-3-5-7-13/h3-9,11,16H,10,12H2,1-2H3. The van der Waals surface area contributed by atoms with E-state index in [4.69, 9.17) is 4.99 Å². The first kappa shape index (κ1) is 14.0. The van der Waals surface area contributed by atoms with Crippen LogP contribution >= 0.6 is 0 Å². The molecule has 0 bridgehead atoms. The van der Waals surface area contributed by atoms with Gasteiger partial charge in [-0.15, -0.1) is 0 Å². The second kappa shape index (κ2) is 5.78. The normalized spacial score (nSPS) is 17.5. The summed E-state index contributed by atoms with van der Waals surface area (Å²) in [5.74, 6) is -0.205. The van der Waals surface area contributed by atoms with Gasteiger partial charge < -0.3 is 4.90 Å². The Bertz CT molecular complexity index is 662. The number of likely N-dealkylation sites (N-methyl/N-ethyl adjacent to an activating group) is 1. The summed E-state index contributed by atoms with van der Waals surface area (Å²) in [6.45, 7) is 0.896. The second-order valence-corrected chi connectivity index (χ2v) is 5.77. The summed E-state index contributed by atoms with van der Waals surface area (Å²) < 4.78 is 13.6.